The van der Waals surface area contributed by atoms with E-state index in [0.29, 0.717) is 27.8 Å². The molecule has 0 N–H and O–H groups in total. The predicted molar refractivity (Wildman–Crippen MR) is 113 cm³/mol. The van der Waals surface area contributed by atoms with Crippen molar-refractivity contribution < 1.29 is 27.0 Å². The van der Waals surface area contributed by atoms with Crippen molar-refractivity contribution in [3.63, 3.8) is 0 Å². The van der Waals surface area contributed by atoms with Crippen molar-refractivity contribution in [1.82, 2.24) is 9.97 Å². The molecule has 0 spiro atoms. The lowest BCUT2D eigenvalue weighted by atomic mass is 9.68. The SMILES string of the molecule is COC(c1cncnc1)(c1ccc(-c2ccc(OC(F)(F)F)cc2C)cc1F)C(C)(C)C. The van der Waals surface area contributed by atoms with E-state index in [1.54, 1.807) is 31.5 Å². The number of rotatable bonds is 5. The summed E-state index contributed by atoms with van der Waals surface area (Å²) in [7, 11) is 1.51. The zero-order valence-electron chi connectivity index (χ0n) is 18.4. The zero-order valence-corrected chi connectivity index (χ0v) is 18.4. The smallest absolute Gasteiger partial charge is 0.406 e. The van der Waals surface area contributed by atoms with Gasteiger partial charge in [-0.1, -0.05) is 39.0 Å². The molecule has 4 nitrogen and oxygen atoms in total. The summed E-state index contributed by atoms with van der Waals surface area (Å²) in [6.45, 7) is 7.43. The molecule has 32 heavy (non-hydrogen) atoms. The number of aryl methyl sites for hydroxylation is 1. The van der Waals surface area contributed by atoms with Crippen LogP contribution in [0.1, 0.15) is 37.5 Å². The summed E-state index contributed by atoms with van der Waals surface area (Å²) in [5.41, 5.74) is 0.797. The average molecular weight is 448 g/mol. The Morgan fingerprint density at radius 2 is 1.56 bits per heavy atom. The molecule has 1 heterocycles. The van der Waals surface area contributed by atoms with E-state index in [4.69, 9.17) is 4.74 Å². The molecular formula is C24H24F4N2O2. The number of aromatic nitrogens is 2. The molecule has 8 heteroatoms. The van der Waals surface area contributed by atoms with Crippen LogP contribution in [0.5, 0.6) is 5.75 Å². The number of halogens is 4. The maximum atomic E-state index is 15.6. The highest BCUT2D eigenvalue weighted by Crippen LogP contribution is 2.48. The highest BCUT2D eigenvalue weighted by atomic mass is 19.4. The van der Waals surface area contributed by atoms with Crippen molar-refractivity contribution in [3.05, 3.63) is 77.6 Å². The quantitative estimate of drug-likeness (QED) is 0.422. The van der Waals surface area contributed by atoms with Gasteiger partial charge < -0.3 is 9.47 Å². The topological polar surface area (TPSA) is 44.2 Å². The van der Waals surface area contributed by atoms with Gasteiger partial charge in [-0.3, -0.25) is 0 Å². The minimum Gasteiger partial charge on any atom is -0.406 e. The normalized spacial score (nSPS) is 14.2. The van der Waals surface area contributed by atoms with Crippen LogP contribution < -0.4 is 4.74 Å². The first-order chi connectivity index (χ1) is 14.9. The van der Waals surface area contributed by atoms with Gasteiger partial charge in [0, 0.05) is 30.6 Å². The first-order valence-corrected chi connectivity index (χ1v) is 9.86. The fraction of sp³-hybridized carbons (Fsp3) is 0.333. The summed E-state index contributed by atoms with van der Waals surface area (Å²) < 4.78 is 62.9. The van der Waals surface area contributed by atoms with Crippen molar-refractivity contribution in [2.24, 2.45) is 5.41 Å². The molecule has 0 amide bonds. The van der Waals surface area contributed by atoms with Crippen LogP contribution in [0.3, 0.4) is 0 Å². The van der Waals surface area contributed by atoms with E-state index in [-0.39, 0.29) is 5.75 Å². The second kappa shape index (κ2) is 8.50. The van der Waals surface area contributed by atoms with Crippen LogP contribution in [0, 0.1) is 18.2 Å². The molecule has 3 rings (SSSR count). The lowest BCUT2D eigenvalue weighted by molar-refractivity contribution is -0.274. The van der Waals surface area contributed by atoms with Gasteiger partial charge in [0.1, 0.15) is 23.5 Å². The van der Waals surface area contributed by atoms with Gasteiger partial charge in [-0.15, -0.1) is 13.2 Å². The summed E-state index contributed by atoms with van der Waals surface area (Å²) in [5, 5.41) is 0. The lowest BCUT2D eigenvalue weighted by Crippen LogP contribution is -2.44. The van der Waals surface area contributed by atoms with Crippen LogP contribution in [0.4, 0.5) is 17.6 Å². The second-order valence-electron chi connectivity index (χ2n) is 8.48. The van der Waals surface area contributed by atoms with Crippen LogP contribution in [0.25, 0.3) is 11.1 Å². The number of hydrogen-bond acceptors (Lipinski definition) is 4. The van der Waals surface area contributed by atoms with Gasteiger partial charge in [-0.2, -0.15) is 0 Å². The Kier molecular flexibility index (Phi) is 6.29. The van der Waals surface area contributed by atoms with E-state index in [1.165, 1.54) is 37.7 Å². The molecule has 0 saturated heterocycles. The average Bonchev–Trinajstić information content (AvgIpc) is 2.68. The Hall–Kier alpha value is -3.00. The first kappa shape index (κ1) is 23.7. The molecular weight excluding hydrogens is 424 g/mol. The third-order valence-corrected chi connectivity index (χ3v) is 5.42. The van der Waals surface area contributed by atoms with Gasteiger partial charge in [-0.25, -0.2) is 14.4 Å². The maximum Gasteiger partial charge on any atom is 0.573 e. The highest BCUT2D eigenvalue weighted by molar-refractivity contribution is 5.69. The van der Waals surface area contributed by atoms with E-state index < -0.39 is 23.2 Å². The molecule has 0 radical (unpaired) electrons. The van der Waals surface area contributed by atoms with E-state index in [1.807, 2.05) is 20.8 Å². The van der Waals surface area contributed by atoms with Gasteiger partial charge in [0.05, 0.1) is 0 Å². The number of nitrogens with zero attached hydrogens (tertiary/aromatic N) is 2. The molecule has 0 saturated carbocycles. The van der Waals surface area contributed by atoms with E-state index in [0.717, 1.165) is 0 Å². The summed E-state index contributed by atoms with van der Waals surface area (Å²) in [4.78, 5) is 8.14. The number of ether oxygens (including phenoxy) is 2. The Labute approximate surface area is 184 Å². The van der Waals surface area contributed by atoms with Crippen molar-refractivity contribution in [2.75, 3.05) is 7.11 Å². The molecule has 1 aromatic heterocycles. The predicted octanol–water partition coefficient (Wildman–Crippen LogP) is 6.43. The number of alkyl halides is 3. The van der Waals surface area contributed by atoms with Crippen LogP contribution in [0.2, 0.25) is 0 Å². The molecule has 1 atom stereocenters. The molecule has 0 aliphatic carbocycles. The number of benzene rings is 2. The third-order valence-electron chi connectivity index (χ3n) is 5.42. The fourth-order valence-electron chi connectivity index (χ4n) is 4.13. The molecule has 2 aromatic carbocycles. The Morgan fingerprint density at radius 1 is 0.906 bits per heavy atom. The van der Waals surface area contributed by atoms with Gasteiger partial charge in [0.15, 0.2) is 0 Å². The van der Waals surface area contributed by atoms with Crippen molar-refractivity contribution in [3.8, 4) is 16.9 Å². The molecule has 0 bridgehead atoms. The summed E-state index contributed by atoms with van der Waals surface area (Å²) in [5.74, 6) is -0.843. The first-order valence-electron chi connectivity index (χ1n) is 9.86. The lowest BCUT2D eigenvalue weighted by Gasteiger charge is -2.44. The Bertz CT molecular complexity index is 1100. The fourth-order valence-corrected chi connectivity index (χ4v) is 4.13. The van der Waals surface area contributed by atoms with E-state index in [9.17, 15) is 13.2 Å². The number of hydrogen-bond donors (Lipinski definition) is 0. The standard InChI is InChI=1S/C24H24F4N2O2/c1-15-10-18(32-24(26,27)28)7-8-19(15)16-6-9-20(21(25)11-16)23(31-5,22(2,3)4)17-12-29-14-30-13-17/h6-14H,1-5H3. The largest absolute Gasteiger partial charge is 0.573 e. The highest BCUT2D eigenvalue weighted by Gasteiger charge is 2.47. The molecule has 0 fully saturated rings. The van der Waals surface area contributed by atoms with Gasteiger partial charge >= 0.3 is 6.36 Å². The van der Waals surface area contributed by atoms with Crippen molar-refractivity contribution in [1.29, 1.82) is 0 Å². The van der Waals surface area contributed by atoms with Crippen LogP contribution in [-0.4, -0.2) is 23.4 Å². The van der Waals surface area contributed by atoms with E-state index in [2.05, 4.69) is 14.7 Å². The Balaban J connectivity index is 2.09. The second-order valence-corrected chi connectivity index (χ2v) is 8.48. The zero-order chi connectivity index (χ0) is 23.7. The van der Waals surface area contributed by atoms with Gasteiger partial charge in [-0.05, 0) is 47.2 Å². The molecule has 3 aromatic rings. The van der Waals surface area contributed by atoms with Gasteiger partial charge in [0.2, 0.25) is 0 Å². The molecule has 170 valence electrons. The molecule has 0 aliphatic rings. The van der Waals surface area contributed by atoms with Crippen LogP contribution in [-0.2, 0) is 10.3 Å². The van der Waals surface area contributed by atoms with Crippen molar-refractivity contribution >= 4 is 0 Å². The molecule has 0 aliphatic heterocycles. The summed E-state index contributed by atoms with van der Waals surface area (Å²) in [6.07, 6.45) is -0.197. The van der Waals surface area contributed by atoms with Gasteiger partial charge in [0.25, 0.3) is 0 Å². The maximum absolute atomic E-state index is 15.6. The van der Waals surface area contributed by atoms with Crippen LogP contribution in [0.15, 0.2) is 55.1 Å². The number of methoxy groups -OCH3 is 1. The Morgan fingerprint density at radius 3 is 2.06 bits per heavy atom. The summed E-state index contributed by atoms with van der Waals surface area (Å²) in [6, 6.07) is 8.65. The van der Waals surface area contributed by atoms with Crippen molar-refractivity contribution in [2.45, 2.75) is 39.7 Å². The minimum absolute atomic E-state index is 0.306. The molecule has 1 unspecified atom stereocenters. The minimum atomic E-state index is -4.78. The third kappa shape index (κ3) is 4.46. The van der Waals surface area contributed by atoms with E-state index >= 15 is 4.39 Å². The van der Waals surface area contributed by atoms with Crippen LogP contribution >= 0.6 is 0 Å². The summed E-state index contributed by atoms with van der Waals surface area (Å²) >= 11 is 0. The monoisotopic (exact) mass is 448 g/mol.